The SMILES string of the molecule is COc1ccc(CCNC(=O)COC(=O)c2ccc(C)cc2C)cc1. The highest BCUT2D eigenvalue weighted by atomic mass is 16.5. The minimum Gasteiger partial charge on any atom is -0.497 e. The smallest absolute Gasteiger partial charge is 0.338 e. The standard InChI is InChI=1S/C20H23NO4/c1-14-4-9-18(15(2)12-14)20(23)25-13-19(22)21-11-10-16-5-7-17(24-3)8-6-16/h4-9,12H,10-11,13H2,1-3H3,(H,21,22). The average Bonchev–Trinajstić information content (AvgIpc) is 2.60. The quantitative estimate of drug-likeness (QED) is 0.787. The van der Waals surface area contributed by atoms with Crippen LogP contribution in [-0.2, 0) is 16.0 Å². The first-order chi connectivity index (χ1) is 12.0. The molecule has 0 spiro atoms. The summed E-state index contributed by atoms with van der Waals surface area (Å²) in [6, 6.07) is 13.1. The molecule has 1 N–H and O–H groups in total. The Hall–Kier alpha value is -2.82. The van der Waals surface area contributed by atoms with Gasteiger partial charge >= 0.3 is 5.97 Å². The predicted octanol–water partition coefficient (Wildman–Crippen LogP) is 2.83. The van der Waals surface area contributed by atoms with Crippen molar-refractivity contribution in [3.63, 3.8) is 0 Å². The van der Waals surface area contributed by atoms with Crippen LogP contribution in [0, 0.1) is 13.8 Å². The molecule has 2 aromatic rings. The number of benzene rings is 2. The Kier molecular flexibility index (Phi) is 6.57. The third-order valence-electron chi connectivity index (χ3n) is 3.83. The van der Waals surface area contributed by atoms with E-state index in [1.807, 2.05) is 50.2 Å². The minimum atomic E-state index is -0.484. The highest BCUT2D eigenvalue weighted by Gasteiger charge is 2.12. The Morgan fingerprint density at radius 1 is 1.04 bits per heavy atom. The highest BCUT2D eigenvalue weighted by Crippen LogP contribution is 2.12. The number of nitrogens with one attached hydrogen (secondary N) is 1. The zero-order valence-corrected chi connectivity index (χ0v) is 14.8. The summed E-state index contributed by atoms with van der Waals surface area (Å²) in [7, 11) is 1.62. The molecule has 0 fully saturated rings. The summed E-state index contributed by atoms with van der Waals surface area (Å²) in [5, 5.41) is 2.74. The first-order valence-electron chi connectivity index (χ1n) is 8.13. The molecular formula is C20H23NO4. The molecule has 0 unspecified atom stereocenters. The lowest BCUT2D eigenvalue weighted by Crippen LogP contribution is -2.30. The Bertz CT molecular complexity index is 738. The molecule has 1 amide bonds. The van der Waals surface area contributed by atoms with Crippen molar-refractivity contribution in [1.29, 1.82) is 0 Å². The number of hydrogen-bond acceptors (Lipinski definition) is 4. The van der Waals surface area contributed by atoms with Crippen molar-refractivity contribution in [2.45, 2.75) is 20.3 Å². The molecule has 132 valence electrons. The summed E-state index contributed by atoms with van der Waals surface area (Å²) in [4.78, 5) is 23.8. The van der Waals surface area contributed by atoms with Crippen molar-refractivity contribution in [2.24, 2.45) is 0 Å². The van der Waals surface area contributed by atoms with E-state index >= 15 is 0 Å². The summed E-state index contributed by atoms with van der Waals surface area (Å²) in [5.41, 5.74) is 3.49. The highest BCUT2D eigenvalue weighted by molar-refractivity contribution is 5.92. The van der Waals surface area contributed by atoms with Crippen LogP contribution in [-0.4, -0.2) is 32.1 Å². The van der Waals surface area contributed by atoms with Gasteiger partial charge in [0.1, 0.15) is 5.75 Å². The van der Waals surface area contributed by atoms with E-state index in [1.54, 1.807) is 13.2 Å². The van der Waals surface area contributed by atoms with Crippen molar-refractivity contribution < 1.29 is 19.1 Å². The number of esters is 1. The summed E-state index contributed by atoms with van der Waals surface area (Å²) < 4.78 is 10.2. The molecule has 25 heavy (non-hydrogen) atoms. The molecule has 0 aromatic heterocycles. The topological polar surface area (TPSA) is 64.6 Å². The van der Waals surface area contributed by atoms with Gasteiger partial charge in [-0.2, -0.15) is 0 Å². The molecule has 5 heteroatoms. The van der Waals surface area contributed by atoms with E-state index in [2.05, 4.69) is 5.32 Å². The van der Waals surface area contributed by atoms with Gasteiger partial charge in [-0.15, -0.1) is 0 Å². The lowest BCUT2D eigenvalue weighted by Gasteiger charge is -2.09. The molecule has 0 radical (unpaired) electrons. The Balaban J connectivity index is 1.73. The van der Waals surface area contributed by atoms with Gasteiger partial charge in [-0.1, -0.05) is 29.8 Å². The summed E-state index contributed by atoms with van der Waals surface area (Å²) in [6.07, 6.45) is 0.695. The monoisotopic (exact) mass is 341 g/mol. The van der Waals surface area contributed by atoms with E-state index in [4.69, 9.17) is 9.47 Å². The fourth-order valence-electron chi connectivity index (χ4n) is 2.44. The Morgan fingerprint density at radius 2 is 1.76 bits per heavy atom. The number of amides is 1. The first kappa shape index (κ1) is 18.5. The Labute approximate surface area is 148 Å². The van der Waals surface area contributed by atoms with Gasteiger partial charge in [-0.25, -0.2) is 4.79 Å². The van der Waals surface area contributed by atoms with E-state index in [0.29, 0.717) is 18.5 Å². The molecule has 0 aliphatic rings. The van der Waals surface area contributed by atoms with Gasteiger partial charge in [0.15, 0.2) is 6.61 Å². The lowest BCUT2D eigenvalue weighted by atomic mass is 10.1. The molecular weight excluding hydrogens is 318 g/mol. The molecule has 0 saturated heterocycles. The van der Waals surface area contributed by atoms with E-state index in [0.717, 1.165) is 22.4 Å². The molecule has 0 atom stereocenters. The van der Waals surface area contributed by atoms with E-state index in [-0.39, 0.29) is 12.5 Å². The molecule has 0 saturated carbocycles. The average molecular weight is 341 g/mol. The molecule has 2 rings (SSSR count). The van der Waals surface area contributed by atoms with Crippen LogP contribution in [0.25, 0.3) is 0 Å². The van der Waals surface area contributed by atoms with E-state index < -0.39 is 5.97 Å². The number of rotatable bonds is 7. The number of aryl methyl sites for hydroxylation is 2. The second-order valence-electron chi connectivity index (χ2n) is 5.84. The van der Waals surface area contributed by atoms with Crippen molar-refractivity contribution in [2.75, 3.05) is 20.3 Å². The van der Waals surface area contributed by atoms with Gasteiger partial charge in [0.05, 0.1) is 12.7 Å². The van der Waals surface area contributed by atoms with Gasteiger partial charge < -0.3 is 14.8 Å². The minimum absolute atomic E-state index is 0.283. The van der Waals surface area contributed by atoms with Crippen molar-refractivity contribution >= 4 is 11.9 Å². The van der Waals surface area contributed by atoms with Crippen molar-refractivity contribution in [3.8, 4) is 5.75 Å². The fourth-order valence-corrected chi connectivity index (χ4v) is 2.44. The van der Waals surface area contributed by atoms with Gasteiger partial charge in [0.2, 0.25) is 0 Å². The fraction of sp³-hybridized carbons (Fsp3) is 0.300. The maximum Gasteiger partial charge on any atom is 0.338 e. The third-order valence-corrected chi connectivity index (χ3v) is 3.83. The predicted molar refractivity (Wildman–Crippen MR) is 95.9 cm³/mol. The Morgan fingerprint density at radius 3 is 2.40 bits per heavy atom. The summed E-state index contributed by atoms with van der Waals surface area (Å²) in [6.45, 7) is 4.00. The van der Waals surface area contributed by atoms with Gasteiger partial charge in [-0.05, 0) is 49.6 Å². The zero-order chi connectivity index (χ0) is 18.2. The van der Waals surface area contributed by atoms with E-state index in [9.17, 15) is 9.59 Å². The van der Waals surface area contributed by atoms with Crippen molar-refractivity contribution in [3.05, 3.63) is 64.7 Å². The van der Waals surface area contributed by atoms with Gasteiger partial charge in [0.25, 0.3) is 5.91 Å². The maximum absolute atomic E-state index is 12.0. The second-order valence-corrected chi connectivity index (χ2v) is 5.84. The van der Waals surface area contributed by atoms with Crippen LogP contribution < -0.4 is 10.1 Å². The largest absolute Gasteiger partial charge is 0.497 e. The lowest BCUT2D eigenvalue weighted by molar-refractivity contribution is -0.124. The van der Waals surface area contributed by atoms with Crippen LogP contribution in [0.1, 0.15) is 27.0 Å². The van der Waals surface area contributed by atoms with E-state index in [1.165, 1.54) is 0 Å². The zero-order valence-electron chi connectivity index (χ0n) is 14.8. The number of hydrogen-bond donors (Lipinski definition) is 1. The van der Waals surface area contributed by atoms with Crippen LogP contribution in [0.3, 0.4) is 0 Å². The second kappa shape index (κ2) is 8.87. The number of carbonyl (C=O) groups is 2. The summed E-state index contributed by atoms with van der Waals surface area (Å²) in [5.74, 6) is 0.000489. The van der Waals surface area contributed by atoms with Crippen LogP contribution in [0.15, 0.2) is 42.5 Å². The van der Waals surface area contributed by atoms with Crippen molar-refractivity contribution in [1.82, 2.24) is 5.32 Å². The maximum atomic E-state index is 12.0. The normalized spacial score (nSPS) is 10.2. The molecule has 0 bridgehead atoms. The third kappa shape index (κ3) is 5.64. The van der Waals surface area contributed by atoms with Crippen LogP contribution in [0.5, 0.6) is 5.75 Å². The summed E-state index contributed by atoms with van der Waals surface area (Å²) >= 11 is 0. The van der Waals surface area contributed by atoms with Gasteiger partial charge in [-0.3, -0.25) is 4.79 Å². The molecule has 0 aliphatic carbocycles. The molecule has 2 aromatic carbocycles. The van der Waals surface area contributed by atoms with Crippen LogP contribution in [0.4, 0.5) is 0 Å². The number of carbonyl (C=O) groups excluding carboxylic acids is 2. The molecule has 5 nitrogen and oxygen atoms in total. The number of ether oxygens (including phenoxy) is 2. The first-order valence-corrected chi connectivity index (χ1v) is 8.13. The molecule has 0 heterocycles. The van der Waals surface area contributed by atoms with Crippen LogP contribution in [0.2, 0.25) is 0 Å². The molecule has 0 aliphatic heterocycles. The van der Waals surface area contributed by atoms with Gasteiger partial charge in [0, 0.05) is 6.54 Å². The van der Waals surface area contributed by atoms with Crippen LogP contribution >= 0.6 is 0 Å². The number of methoxy groups -OCH3 is 1.